The first-order valence-corrected chi connectivity index (χ1v) is 9.23. The molecule has 0 radical (unpaired) electrons. The van der Waals surface area contributed by atoms with Crippen LogP contribution in [0.1, 0.15) is 17.5 Å². The highest BCUT2D eigenvalue weighted by molar-refractivity contribution is 6.05. The number of amides is 2. The van der Waals surface area contributed by atoms with E-state index in [1.165, 1.54) is 0 Å². The summed E-state index contributed by atoms with van der Waals surface area (Å²) in [6.07, 6.45) is 0.175. The Hall–Kier alpha value is -3.02. The van der Waals surface area contributed by atoms with Crippen LogP contribution in [-0.4, -0.2) is 39.6 Å². The lowest BCUT2D eigenvalue weighted by Gasteiger charge is -2.24. The number of anilines is 2. The molecule has 3 rings (SSSR count). The number of nitrogens with zero attached hydrogens (tertiary/aromatic N) is 2. The van der Waals surface area contributed by atoms with Gasteiger partial charge in [-0.15, -0.1) is 0 Å². The number of hydrogen-bond acceptors (Lipinski definition) is 4. The summed E-state index contributed by atoms with van der Waals surface area (Å²) < 4.78 is 10.7. The van der Waals surface area contributed by atoms with Crippen LogP contribution in [0.5, 0.6) is 11.5 Å². The van der Waals surface area contributed by atoms with E-state index in [0.29, 0.717) is 23.7 Å². The van der Waals surface area contributed by atoms with Crippen LogP contribution < -0.4 is 19.3 Å². The molecule has 28 heavy (non-hydrogen) atoms. The van der Waals surface area contributed by atoms with E-state index in [2.05, 4.69) is 0 Å². The van der Waals surface area contributed by atoms with Crippen LogP contribution in [0.25, 0.3) is 0 Å². The highest BCUT2D eigenvalue weighted by atomic mass is 16.5. The van der Waals surface area contributed by atoms with Crippen LogP contribution in [0.15, 0.2) is 36.4 Å². The van der Waals surface area contributed by atoms with E-state index in [1.807, 2.05) is 32.0 Å². The third-order valence-electron chi connectivity index (χ3n) is 5.42. The zero-order chi connectivity index (χ0) is 20.4. The average molecular weight is 382 g/mol. The Morgan fingerprint density at radius 1 is 1.14 bits per heavy atom. The topological polar surface area (TPSA) is 59.1 Å². The second-order valence-corrected chi connectivity index (χ2v) is 7.06. The number of rotatable bonds is 5. The lowest BCUT2D eigenvalue weighted by molar-refractivity contribution is -0.124. The number of ether oxygens (including phenoxy) is 2. The molecule has 148 valence electrons. The van der Waals surface area contributed by atoms with Gasteiger partial charge in [-0.2, -0.15) is 0 Å². The number of benzene rings is 2. The lowest BCUT2D eigenvalue weighted by atomic mass is 10.0. The molecule has 1 heterocycles. The van der Waals surface area contributed by atoms with Gasteiger partial charge < -0.3 is 19.3 Å². The van der Waals surface area contributed by atoms with Gasteiger partial charge >= 0.3 is 0 Å². The summed E-state index contributed by atoms with van der Waals surface area (Å²) in [5.74, 6) is 0.634. The largest absolute Gasteiger partial charge is 0.497 e. The molecular weight excluding hydrogens is 356 g/mol. The standard InChI is InChI=1S/C22H26N2O4/c1-14-7-6-8-18(15(14)2)23(3)22(26)16-11-21(25)24(13-16)19-12-17(27-4)9-10-20(19)28-5/h6-10,12,16H,11,13H2,1-5H3/t16-/m1/s1. The maximum Gasteiger partial charge on any atom is 0.232 e. The highest BCUT2D eigenvalue weighted by Crippen LogP contribution is 2.36. The van der Waals surface area contributed by atoms with Crippen molar-refractivity contribution in [2.75, 3.05) is 37.6 Å². The van der Waals surface area contributed by atoms with Crippen molar-refractivity contribution in [2.24, 2.45) is 5.92 Å². The van der Waals surface area contributed by atoms with Crippen LogP contribution in [0, 0.1) is 19.8 Å². The Balaban J connectivity index is 1.84. The third-order valence-corrected chi connectivity index (χ3v) is 5.42. The number of hydrogen-bond donors (Lipinski definition) is 0. The summed E-state index contributed by atoms with van der Waals surface area (Å²) in [7, 11) is 4.90. The summed E-state index contributed by atoms with van der Waals surface area (Å²) in [4.78, 5) is 29.1. The Morgan fingerprint density at radius 2 is 1.89 bits per heavy atom. The summed E-state index contributed by atoms with van der Waals surface area (Å²) in [5.41, 5.74) is 3.68. The fraction of sp³-hybridized carbons (Fsp3) is 0.364. The molecule has 6 nitrogen and oxygen atoms in total. The molecule has 2 amide bonds. The molecule has 1 fully saturated rings. The first-order valence-electron chi connectivity index (χ1n) is 9.23. The Labute approximate surface area is 165 Å². The van der Waals surface area contributed by atoms with Crippen LogP contribution in [0.3, 0.4) is 0 Å². The number of aryl methyl sites for hydroxylation is 1. The van der Waals surface area contributed by atoms with Crippen molar-refractivity contribution in [3.8, 4) is 11.5 Å². The van der Waals surface area contributed by atoms with Crippen molar-refractivity contribution >= 4 is 23.2 Å². The van der Waals surface area contributed by atoms with E-state index in [9.17, 15) is 9.59 Å². The van der Waals surface area contributed by atoms with Crippen molar-refractivity contribution < 1.29 is 19.1 Å². The van der Waals surface area contributed by atoms with Gasteiger partial charge in [-0.05, 0) is 43.2 Å². The Bertz CT molecular complexity index is 909. The SMILES string of the molecule is COc1ccc(OC)c(N2C[C@H](C(=O)N(C)c3cccc(C)c3C)CC2=O)c1. The van der Waals surface area contributed by atoms with E-state index in [0.717, 1.165) is 16.8 Å². The fourth-order valence-corrected chi connectivity index (χ4v) is 3.61. The van der Waals surface area contributed by atoms with Gasteiger partial charge in [0.25, 0.3) is 0 Å². The van der Waals surface area contributed by atoms with E-state index in [4.69, 9.17) is 9.47 Å². The second-order valence-electron chi connectivity index (χ2n) is 7.06. The van der Waals surface area contributed by atoms with Gasteiger partial charge in [0.1, 0.15) is 11.5 Å². The van der Waals surface area contributed by atoms with Crippen molar-refractivity contribution in [1.29, 1.82) is 0 Å². The highest BCUT2D eigenvalue weighted by Gasteiger charge is 2.38. The molecule has 0 bridgehead atoms. The molecule has 1 atom stereocenters. The normalized spacial score (nSPS) is 16.2. The fourth-order valence-electron chi connectivity index (χ4n) is 3.61. The average Bonchev–Trinajstić information content (AvgIpc) is 3.09. The molecule has 2 aromatic rings. The van der Waals surface area contributed by atoms with E-state index >= 15 is 0 Å². The van der Waals surface area contributed by atoms with Gasteiger partial charge in [0, 0.05) is 31.8 Å². The monoisotopic (exact) mass is 382 g/mol. The summed E-state index contributed by atoms with van der Waals surface area (Å²) >= 11 is 0. The van der Waals surface area contributed by atoms with Crippen LogP contribution >= 0.6 is 0 Å². The molecule has 2 aromatic carbocycles. The minimum atomic E-state index is -0.409. The summed E-state index contributed by atoms with van der Waals surface area (Å²) in [6.45, 7) is 4.34. The smallest absolute Gasteiger partial charge is 0.232 e. The zero-order valence-electron chi connectivity index (χ0n) is 17.0. The summed E-state index contributed by atoms with van der Waals surface area (Å²) in [5, 5.41) is 0. The Morgan fingerprint density at radius 3 is 2.57 bits per heavy atom. The van der Waals surface area contributed by atoms with Crippen LogP contribution in [0.4, 0.5) is 11.4 Å². The van der Waals surface area contributed by atoms with Crippen molar-refractivity contribution in [1.82, 2.24) is 0 Å². The van der Waals surface area contributed by atoms with Gasteiger partial charge in [-0.3, -0.25) is 9.59 Å². The first-order chi connectivity index (χ1) is 13.4. The lowest BCUT2D eigenvalue weighted by Crippen LogP contribution is -2.35. The zero-order valence-corrected chi connectivity index (χ0v) is 17.0. The first kappa shape index (κ1) is 19.7. The van der Waals surface area contributed by atoms with Gasteiger partial charge in [-0.25, -0.2) is 0 Å². The molecule has 0 unspecified atom stereocenters. The quantitative estimate of drug-likeness (QED) is 0.796. The molecule has 0 saturated carbocycles. The van der Waals surface area contributed by atoms with Crippen molar-refractivity contribution in [3.05, 3.63) is 47.5 Å². The van der Waals surface area contributed by atoms with Gasteiger partial charge in [0.15, 0.2) is 0 Å². The maximum atomic E-state index is 13.1. The molecule has 6 heteroatoms. The second kappa shape index (κ2) is 7.92. The van der Waals surface area contributed by atoms with E-state index in [1.54, 1.807) is 49.3 Å². The number of methoxy groups -OCH3 is 2. The molecule has 0 spiro atoms. The molecule has 0 aromatic heterocycles. The third kappa shape index (κ3) is 3.54. The minimum Gasteiger partial charge on any atom is -0.497 e. The van der Waals surface area contributed by atoms with E-state index in [-0.39, 0.29) is 18.2 Å². The maximum absolute atomic E-state index is 13.1. The number of carbonyl (C=O) groups is 2. The minimum absolute atomic E-state index is 0.0635. The molecule has 1 aliphatic heterocycles. The van der Waals surface area contributed by atoms with Crippen molar-refractivity contribution in [2.45, 2.75) is 20.3 Å². The predicted molar refractivity (Wildman–Crippen MR) is 109 cm³/mol. The van der Waals surface area contributed by atoms with Gasteiger partial charge in [0.2, 0.25) is 11.8 Å². The van der Waals surface area contributed by atoms with Gasteiger partial charge in [-0.1, -0.05) is 12.1 Å². The van der Waals surface area contributed by atoms with Gasteiger partial charge in [0.05, 0.1) is 25.8 Å². The summed E-state index contributed by atoms with van der Waals surface area (Å²) in [6, 6.07) is 11.2. The molecule has 0 aliphatic carbocycles. The molecule has 1 aliphatic rings. The Kier molecular flexibility index (Phi) is 5.58. The molecule has 0 N–H and O–H groups in total. The van der Waals surface area contributed by atoms with E-state index < -0.39 is 5.92 Å². The van der Waals surface area contributed by atoms with Crippen molar-refractivity contribution in [3.63, 3.8) is 0 Å². The molecular formula is C22H26N2O4. The number of carbonyl (C=O) groups excluding carboxylic acids is 2. The van der Waals surface area contributed by atoms with Crippen LogP contribution in [-0.2, 0) is 9.59 Å². The van der Waals surface area contributed by atoms with Crippen LogP contribution in [0.2, 0.25) is 0 Å². The predicted octanol–water partition coefficient (Wildman–Crippen LogP) is 3.34. The molecule has 1 saturated heterocycles.